The molecule has 0 aromatic heterocycles. The predicted octanol–water partition coefficient (Wildman–Crippen LogP) is 4.07. The zero-order valence-corrected chi connectivity index (χ0v) is 12.7. The number of aryl methyl sites for hydroxylation is 1. The number of rotatable bonds is 5. The molecule has 2 rings (SSSR count). The number of carbonyl (C=O) groups excluding carboxylic acids is 1. The van der Waals surface area contributed by atoms with Crippen molar-refractivity contribution < 1.29 is 4.79 Å². The molecule has 1 atom stereocenters. The summed E-state index contributed by atoms with van der Waals surface area (Å²) < 4.78 is 0. The van der Waals surface area contributed by atoms with E-state index in [0.717, 1.165) is 16.8 Å². The van der Waals surface area contributed by atoms with Crippen molar-refractivity contribution in [2.45, 2.75) is 25.8 Å². The van der Waals surface area contributed by atoms with Crippen molar-refractivity contribution in [1.82, 2.24) is 0 Å². The third-order valence-electron chi connectivity index (χ3n) is 3.38. The summed E-state index contributed by atoms with van der Waals surface area (Å²) in [7, 11) is 0. The highest BCUT2D eigenvalue weighted by Gasteiger charge is 2.10. The quantitative estimate of drug-likeness (QED) is 0.875. The van der Waals surface area contributed by atoms with Crippen molar-refractivity contribution in [3.05, 3.63) is 64.7 Å². The van der Waals surface area contributed by atoms with E-state index in [4.69, 9.17) is 17.3 Å². The second kappa shape index (κ2) is 7.25. The first kappa shape index (κ1) is 15.5. The van der Waals surface area contributed by atoms with E-state index in [1.165, 1.54) is 0 Å². The number of anilines is 1. The zero-order valence-electron chi connectivity index (χ0n) is 12.0. The zero-order chi connectivity index (χ0) is 15.2. The van der Waals surface area contributed by atoms with Crippen molar-refractivity contribution in [3.63, 3.8) is 0 Å². The molecule has 0 bridgehead atoms. The third-order valence-corrected chi connectivity index (χ3v) is 3.62. The Hall–Kier alpha value is -1.84. The van der Waals surface area contributed by atoms with E-state index >= 15 is 0 Å². The van der Waals surface area contributed by atoms with Crippen LogP contribution in [0.5, 0.6) is 0 Å². The molecule has 2 aromatic rings. The number of benzene rings is 2. The molecule has 0 radical (unpaired) electrons. The van der Waals surface area contributed by atoms with Gasteiger partial charge in [0, 0.05) is 23.2 Å². The molecular weight excluding hydrogens is 284 g/mol. The van der Waals surface area contributed by atoms with Crippen LogP contribution in [0.15, 0.2) is 48.5 Å². The highest BCUT2D eigenvalue weighted by Crippen LogP contribution is 2.21. The lowest BCUT2D eigenvalue weighted by atomic mass is 10.0. The van der Waals surface area contributed by atoms with Crippen molar-refractivity contribution in [2.24, 2.45) is 5.73 Å². The van der Waals surface area contributed by atoms with Crippen molar-refractivity contribution in [2.75, 3.05) is 5.32 Å². The minimum Gasteiger partial charge on any atom is -0.326 e. The molecule has 0 saturated carbocycles. The number of nitrogens with one attached hydrogen (secondary N) is 1. The summed E-state index contributed by atoms with van der Waals surface area (Å²) in [5.74, 6) is -0.0493. The number of amides is 1. The SMILES string of the molecule is Cc1ccc(Cl)cc1NC(=O)CCC(N)c1ccccc1. The van der Waals surface area contributed by atoms with Crippen LogP contribution in [0.3, 0.4) is 0 Å². The number of carbonyl (C=O) groups is 1. The van der Waals surface area contributed by atoms with Gasteiger partial charge in [-0.3, -0.25) is 4.79 Å². The molecule has 21 heavy (non-hydrogen) atoms. The van der Waals surface area contributed by atoms with E-state index < -0.39 is 0 Å². The standard InChI is InChI=1S/C17H19ClN2O/c1-12-7-8-14(18)11-16(12)20-17(21)10-9-15(19)13-5-3-2-4-6-13/h2-8,11,15H,9-10,19H2,1H3,(H,20,21). The first-order chi connectivity index (χ1) is 10.1. The summed E-state index contributed by atoms with van der Waals surface area (Å²) in [6.07, 6.45) is 0.984. The van der Waals surface area contributed by atoms with Crippen LogP contribution in [0.2, 0.25) is 5.02 Å². The molecule has 1 amide bonds. The van der Waals surface area contributed by atoms with Crippen LogP contribution in [-0.4, -0.2) is 5.91 Å². The van der Waals surface area contributed by atoms with Gasteiger partial charge in [0.05, 0.1) is 0 Å². The first-order valence-corrected chi connectivity index (χ1v) is 7.30. The topological polar surface area (TPSA) is 55.1 Å². The summed E-state index contributed by atoms with van der Waals surface area (Å²) in [4.78, 5) is 12.0. The molecule has 0 aliphatic carbocycles. The Bertz CT molecular complexity index is 613. The average Bonchev–Trinajstić information content (AvgIpc) is 2.49. The van der Waals surface area contributed by atoms with Crippen LogP contribution in [0.1, 0.15) is 30.0 Å². The fourth-order valence-corrected chi connectivity index (χ4v) is 2.27. The minimum absolute atomic E-state index is 0.0493. The molecule has 0 fully saturated rings. The van der Waals surface area contributed by atoms with E-state index in [9.17, 15) is 4.79 Å². The summed E-state index contributed by atoms with van der Waals surface area (Å²) in [5.41, 5.74) is 8.87. The fraction of sp³-hybridized carbons (Fsp3) is 0.235. The lowest BCUT2D eigenvalue weighted by molar-refractivity contribution is -0.116. The average molecular weight is 303 g/mol. The van der Waals surface area contributed by atoms with E-state index in [1.807, 2.05) is 43.3 Å². The Balaban J connectivity index is 1.89. The number of hydrogen-bond donors (Lipinski definition) is 2. The maximum absolute atomic E-state index is 12.0. The number of hydrogen-bond acceptors (Lipinski definition) is 2. The molecule has 0 aliphatic heterocycles. The maximum Gasteiger partial charge on any atom is 0.224 e. The molecule has 1 unspecified atom stereocenters. The Labute approximate surface area is 130 Å². The van der Waals surface area contributed by atoms with Gasteiger partial charge in [-0.15, -0.1) is 0 Å². The van der Waals surface area contributed by atoms with Gasteiger partial charge < -0.3 is 11.1 Å². The van der Waals surface area contributed by atoms with Crippen molar-refractivity contribution in [1.29, 1.82) is 0 Å². The van der Waals surface area contributed by atoms with Crippen LogP contribution in [0.4, 0.5) is 5.69 Å². The van der Waals surface area contributed by atoms with E-state index in [1.54, 1.807) is 12.1 Å². The predicted molar refractivity (Wildman–Crippen MR) is 87.4 cm³/mol. The van der Waals surface area contributed by atoms with Gasteiger partial charge in [0.1, 0.15) is 0 Å². The Kier molecular flexibility index (Phi) is 5.37. The van der Waals surface area contributed by atoms with Gasteiger partial charge in [0.25, 0.3) is 0 Å². The number of nitrogens with two attached hydrogens (primary N) is 1. The molecule has 0 spiro atoms. The van der Waals surface area contributed by atoms with Crippen molar-refractivity contribution >= 4 is 23.2 Å². The smallest absolute Gasteiger partial charge is 0.224 e. The summed E-state index contributed by atoms with van der Waals surface area (Å²) in [5, 5.41) is 3.49. The second-order valence-electron chi connectivity index (χ2n) is 5.06. The van der Waals surface area contributed by atoms with Gasteiger partial charge in [-0.2, -0.15) is 0 Å². The minimum atomic E-state index is -0.127. The normalized spacial score (nSPS) is 12.0. The van der Waals surface area contributed by atoms with Gasteiger partial charge >= 0.3 is 0 Å². The second-order valence-corrected chi connectivity index (χ2v) is 5.50. The van der Waals surface area contributed by atoms with E-state index in [2.05, 4.69) is 5.32 Å². The molecule has 0 aliphatic rings. The molecule has 0 heterocycles. The van der Waals surface area contributed by atoms with Gasteiger partial charge in [0.2, 0.25) is 5.91 Å². The molecular formula is C17H19ClN2O. The highest BCUT2D eigenvalue weighted by molar-refractivity contribution is 6.31. The third kappa shape index (κ3) is 4.59. The summed E-state index contributed by atoms with van der Waals surface area (Å²) in [6, 6.07) is 15.1. The van der Waals surface area contributed by atoms with Crippen LogP contribution < -0.4 is 11.1 Å². The van der Waals surface area contributed by atoms with Gasteiger partial charge in [-0.1, -0.05) is 48.0 Å². The lowest BCUT2D eigenvalue weighted by Crippen LogP contribution is -2.17. The molecule has 3 nitrogen and oxygen atoms in total. The summed E-state index contributed by atoms with van der Waals surface area (Å²) >= 11 is 5.94. The number of halogens is 1. The highest BCUT2D eigenvalue weighted by atomic mass is 35.5. The van der Waals surface area contributed by atoms with Gasteiger partial charge in [0.15, 0.2) is 0 Å². The van der Waals surface area contributed by atoms with Crippen molar-refractivity contribution in [3.8, 4) is 0 Å². The molecule has 110 valence electrons. The monoisotopic (exact) mass is 302 g/mol. The van der Waals surface area contributed by atoms with E-state index in [-0.39, 0.29) is 11.9 Å². The molecule has 2 aromatic carbocycles. The van der Waals surface area contributed by atoms with Crippen LogP contribution >= 0.6 is 11.6 Å². The Morgan fingerprint density at radius 3 is 2.67 bits per heavy atom. The fourth-order valence-electron chi connectivity index (χ4n) is 2.10. The molecule has 0 saturated heterocycles. The van der Waals surface area contributed by atoms with Gasteiger partial charge in [-0.05, 0) is 36.6 Å². The largest absolute Gasteiger partial charge is 0.326 e. The van der Waals surface area contributed by atoms with Crippen LogP contribution in [-0.2, 0) is 4.79 Å². The van der Waals surface area contributed by atoms with E-state index in [0.29, 0.717) is 17.9 Å². The molecule has 4 heteroatoms. The Morgan fingerprint density at radius 2 is 1.95 bits per heavy atom. The van der Waals surface area contributed by atoms with Crippen LogP contribution in [0.25, 0.3) is 0 Å². The first-order valence-electron chi connectivity index (χ1n) is 6.93. The van der Waals surface area contributed by atoms with Crippen LogP contribution in [0, 0.1) is 6.92 Å². The lowest BCUT2D eigenvalue weighted by Gasteiger charge is -2.13. The van der Waals surface area contributed by atoms with Gasteiger partial charge in [-0.25, -0.2) is 0 Å². The molecule has 3 N–H and O–H groups in total. The maximum atomic E-state index is 12.0. The Morgan fingerprint density at radius 1 is 1.24 bits per heavy atom. The summed E-state index contributed by atoms with van der Waals surface area (Å²) in [6.45, 7) is 1.93.